The molecular formula is C15H22ClFN2. The second-order valence-corrected chi connectivity index (χ2v) is 6.09. The van der Waals surface area contributed by atoms with Gasteiger partial charge in [0.25, 0.3) is 0 Å². The zero-order valence-electron chi connectivity index (χ0n) is 11.6. The summed E-state index contributed by atoms with van der Waals surface area (Å²) in [6, 6.07) is 4.95. The van der Waals surface area contributed by atoms with Gasteiger partial charge < -0.3 is 5.73 Å². The predicted molar refractivity (Wildman–Crippen MR) is 77.8 cm³/mol. The molecule has 0 heterocycles. The van der Waals surface area contributed by atoms with Crippen molar-refractivity contribution in [2.45, 2.75) is 38.8 Å². The fourth-order valence-corrected chi connectivity index (χ4v) is 2.69. The molecule has 1 aliphatic rings. The van der Waals surface area contributed by atoms with Crippen LogP contribution in [0.1, 0.15) is 38.3 Å². The van der Waals surface area contributed by atoms with Crippen molar-refractivity contribution in [2.75, 3.05) is 13.1 Å². The third-order valence-corrected chi connectivity index (χ3v) is 4.00. The van der Waals surface area contributed by atoms with Crippen molar-refractivity contribution in [2.24, 2.45) is 11.7 Å². The average molecular weight is 285 g/mol. The quantitative estimate of drug-likeness (QED) is 0.865. The summed E-state index contributed by atoms with van der Waals surface area (Å²) in [6.07, 6.45) is 2.55. The van der Waals surface area contributed by atoms with Gasteiger partial charge in [0.1, 0.15) is 5.82 Å². The Kier molecular flexibility index (Phi) is 4.82. The molecule has 1 aromatic carbocycles. The highest BCUT2D eigenvalue weighted by atomic mass is 35.5. The van der Waals surface area contributed by atoms with Gasteiger partial charge in [0.2, 0.25) is 0 Å². The Labute approximate surface area is 119 Å². The van der Waals surface area contributed by atoms with Crippen molar-refractivity contribution < 1.29 is 4.39 Å². The van der Waals surface area contributed by atoms with Crippen LogP contribution in [0.4, 0.5) is 4.39 Å². The molecule has 0 spiro atoms. The zero-order valence-corrected chi connectivity index (χ0v) is 12.3. The lowest BCUT2D eigenvalue weighted by molar-refractivity contribution is 0.147. The number of nitrogens with zero attached hydrogens (tertiary/aromatic N) is 1. The molecule has 1 aromatic rings. The van der Waals surface area contributed by atoms with Gasteiger partial charge in [0.15, 0.2) is 0 Å². The third-order valence-electron chi connectivity index (χ3n) is 3.77. The lowest BCUT2D eigenvalue weighted by Gasteiger charge is -2.35. The van der Waals surface area contributed by atoms with E-state index < -0.39 is 0 Å². The topological polar surface area (TPSA) is 29.3 Å². The van der Waals surface area contributed by atoms with Gasteiger partial charge in [-0.15, -0.1) is 0 Å². The van der Waals surface area contributed by atoms with E-state index in [9.17, 15) is 4.39 Å². The monoisotopic (exact) mass is 284 g/mol. The standard InChI is InChI=1S/C15H22ClFN2/c1-10(2)19(9-11-3-4-11)15(8-18)13-7-12(16)5-6-14(13)17/h5-7,10-11,15H,3-4,8-9,18H2,1-2H3. The Morgan fingerprint density at radius 3 is 2.63 bits per heavy atom. The molecule has 0 aliphatic heterocycles. The van der Waals surface area contributed by atoms with Crippen LogP contribution in [0.15, 0.2) is 18.2 Å². The SMILES string of the molecule is CC(C)N(CC1CC1)C(CN)c1cc(Cl)ccc1F. The maximum atomic E-state index is 14.0. The summed E-state index contributed by atoms with van der Waals surface area (Å²) < 4.78 is 14.0. The predicted octanol–water partition coefficient (Wildman–Crippen LogP) is 3.60. The van der Waals surface area contributed by atoms with Gasteiger partial charge in [-0.2, -0.15) is 0 Å². The van der Waals surface area contributed by atoms with Crippen LogP contribution in [0.2, 0.25) is 5.02 Å². The number of rotatable bonds is 6. The van der Waals surface area contributed by atoms with E-state index in [0.29, 0.717) is 23.2 Å². The van der Waals surface area contributed by atoms with Crippen LogP contribution in [-0.4, -0.2) is 24.0 Å². The molecule has 4 heteroatoms. The highest BCUT2D eigenvalue weighted by Gasteiger charge is 2.30. The van der Waals surface area contributed by atoms with Crippen LogP contribution in [0, 0.1) is 11.7 Å². The van der Waals surface area contributed by atoms with E-state index in [1.807, 2.05) is 0 Å². The lowest BCUT2D eigenvalue weighted by atomic mass is 10.0. The summed E-state index contributed by atoms with van der Waals surface area (Å²) in [7, 11) is 0. The molecule has 1 saturated carbocycles. The molecule has 2 nitrogen and oxygen atoms in total. The average Bonchev–Trinajstić information content (AvgIpc) is 3.17. The third kappa shape index (κ3) is 3.68. The van der Waals surface area contributed by atoms with Gasteiger partial charge in [-0.3, -0.25) is 4.90 Å². The number of hydrogen-bond acceptors (Lipinski definition) is 2. The highest BCUT2D eigenvalue weighted by molar-refractivity contribution is 6.30. The van der Waals surface area contributed by atoms with E-state index >= 15 is 0 Å². The molecule has 2 N–H and O–H groups in total. The number of hydrogen-bond donors (Lipinski definition) is 1. The van der Waals surface area contributed by atoms with E-state index in [4.69, 9.17) is 17.3 Å². The van der Waals surface area contributed by atoms with Crippen molar-refractivity contribution in [3.63, 3.8) is 0 Å². The van der Waals surface area contributed by atoms with Crippen molar-refractivity contribution in [1.82, 2.24) is 4.90 Å². The van der Waals surface area contributed by atoms with E-state index in [1.54, 1.807) is 12.1 Å². The Hall–Kier alpha value is -0.640. The van der Waals surface area contributed by atoms with Crippen LogP contribution in [0.25, 0.3) is 0 Å². The summed E-state index contributed by atoms with van der Waals surface area (Å²) in [4.78, 5) is 2.30. The minimum atomic E-state index is -0.221. The Morgan fingerprint density at radius 2 is 2.11 bits per heavy atom. The summed E-state index contributed by atoms with van der Waals surface area (Å²) >= 11 is 5.99. The molecule has 1 unspecified atom stereocenters. The lowest BCUT2D eigenvalue weighted by Crippen LogP contribution is -2.40. The van der Waals surface area contributed by atoms with Crippen LogP contribution in [0.5, 0.6) is 0 Å². The Bertz CT molecular complexity index is 432. The van der Waals surface area contributed by atoms with Crippen LogP contribution >= 0.6 is 11.6 Å². The molecule has 0 saturated heterocycles. The van der Waals surface area contributed by atoms with E-state index in [-0.39, 0.29) is 11.9 Å². The first-order valence-electron chi connectivity index (χ1n) is 6.93. The zero-order chi connectivity index (χ0) is 14.0. The Morgan fingerprint density at radius 1 is 1.42 bits per heavy atom. The molecule has 0 aromatic heterocycles. The summed E-state index contributed by atoms with van der Waals surface area (Å²) in [5.41, 5.74) is 6.52. The van der Waals surface area contributed by atoms with Crippen molar-refractivity contribution in [3.05, 3.63) is 34.6 Å². The number of benzene rings is 1. The number of halogens is 2. The molecule has 19 heavy (non-hydrogen) atoms. The van der Waals surface area contributed by atoms with Gasteiger partial charge in [-0.05, 0) is 50.8 Å². The smallest absolute Gasteiger partial charge is 0.128 e. The molecule has 1 aliphatic carbocycles. The summed E-state index contributed by atoms with van der Waals surface area (Å²) in [5.74, 6) is 0.528. The van der Waals surface area contributed by atoms with Gasteiger partial charge in [-0.1, -0.05) is 11.6 Å². The molecule has 0 radical (unpaired) electrons. The minimum absolute atomic E-state index is 0.0979. The molecule has 2 rings (SSSR count). The first-order chi connectivity index (χ1) is 9.02. The van der Waals surface area contributed by atoms with Crippen LogP contribution in [-0.2, 0) is 0 Å². The van der Waals surface area contributed by atoms with Gasteiger partial charge in [0, 0.05) is 29.7 Å². The molecule has 1 atom stereocenters. The normalized spacial score (nSPS) is 17.2. The minimum Gasteiger partial charge on any atom is -0.329 e. The molecular weight excluding hydrogens is 263 g/mol. The first-order valence-corrected chi connectivity index (χ1v) is 7.31. The number of nitrogens with two attached hydrogens (primary N) is 1. The van der Waals surface area contributed by atoms with Crippen LogP contribution in [0.3, 0.4) is 0 Å². The van der Waals surface area contributed by atoms with E-state index in [2.05, 4.69) is 18.7 Å². The second-order valence-electron chi connectivity index (χ2n) is 5.65. The maximum absolute atomic E-state index is 14.0. The molecule has 106 valence electrons. The highest BCUT2D eigenvalue weighted by Crippen LogP contribution is 2.34. The summed E-state index contributed by atoms with van der Waals surface area (Å²) in [5, 5.41) is 0.560. The summed E-state index contributed by atoms with van der Waals surface area (Å²) in [6.45, 7) is 5.66. The van der Waals surface area contributed by atoms with Crippen molar-refractivity contribution in [1.29, 1.82) is 0 Å². The maximum Gasteiger partial charge on any atom is 0.128 e. The molecule has 0 amide bonds. The van der Waals surface area contributed by atoms with Crippen molar-refractivity contribution in [3.8, 4) is 0 Å². The first kappa shape index (κ1) is 14.8. The van der Waals surface area contributed by atoms with Gasteiger partial charge >= 0.3 is 0 Å². The van der Waals surface area contributed by atoms with Crippen LogP contribution < -0.4 is 5.73 Å². The van der Waals surface area contributed by atoms with Gasteiger partial charge in [0.05, 0.1) is 6.04 Å². The fourth-order valence-electron chi connectivity index (χ4n) is 2.51. The van der Waals surface area contributed by atoms with E-state index in [0.717, 1.165) is 12.5 Å². The molecule has 1 fully saturated rings. The Balaban J connectivity index is 2.26. The van der Waals surface area contributed by atoms with Crippen molar-refractivity contribution >= 4 is 11.6 Å². The largest absolute Gasteiger partial charge is 0.329 e. The van der Waals surface area contributed by atoms with E-state index in [1.165, 1.54) is 18.9 Å². The fraction of sp³-hybridized carbons (Fsp3) is 0.600. The second kappa shape index (κ2) is 6.21. The van der Waals surface area contributed by atoms with Gasteiger partial charge in [-0.25, -0.2) is 4.39 Å². The molecule has 0 bridgehead atoms.